The third kappa shape index (κ3) is 19.5. The zero-order chi connectivity index (χ0) is 29.3. The highest BCUT2D eigenvalue weighted by Gasteiger charge is 2.20. The van der Waals surface area contributed by atoms with Gasteiger partial charge in [-0.2, -0.15) is 0 Å². The van der Waals surface area contributed by atoms with E-state index in [2.05, 4.69) is 10.6 Å². The number of rotatable bonds is 22. The van der Waals surface area contributed by atoms with Crippen LogP contribution in [0.15, 0.2) is 24.3 Å². The Balaban J connectivity index is 0.00000704. The Morgan fingerprint density at radius 1 is 0.795 bits per heavy atom. The average Bonchev–Trinajstić information content (AvgIpc) is 2.93. The molecule has 0 heterocycles. The minimum absolute atomic E-state index is 0.0110. The van der Waals surface area contributed by atoms with E-state index < -0.39 is 18.0 Å². The minimum Gasteiger partial charge on any atom is -0.494 e. The maximum atomic E-state index is 12.1. The second kappa shape index (κ2) is 23.9. The van der Waals surface area contributed by atoms with Crippen molar-refractivity contribution in [1.29, 1.82) is 0 Å². The summed E-state index contributed by atoms with van der Waals surface area (Å²) in [5.74, 6) is -2.17. The molecule has 4 N–H and O–H groups in total. The molecule has 0 fully saturated rings. The van der Waals surface area contributed by atoms with E-state index in [1.807, 2.05) is 20.8 Å². The zero-order valence-electron chi connectivity index (χ0n) is 23.5. The van der Waals surface area contributed by atoms with Crippen molar-refractivity contribution in [1.82, 2.24) is 10.6 Å². The Bertz CT molecular complexity index is 816. The summed E-state index contributed by atoms with van der Waals surface area (Å²) in [5.41, 5.74) is 0.211. The molecule has 0 radical (unpaired) electrons. The van der Waals surface area contributed by atoms with Crippen LogP contribution < -0.4 is 15.4 Å². The fourth-order valence-electron chi connectivity index (χ4n) is 3.32. The maximum absolute atomic E-state index is 12.1. The molecule has 0 spiro atoms. The van der Waals surface area contributed by atoms with Crippen LogP contribution in [0.4, 0.5) is 0 Å². The van der Waals surface area contributed by atoms with Gasteiger partial charge in [-0.1, -0.05) is 33.1 Å². The van der Waals surface area contributed by atoms with Crippen molar-refractivity contribution < 1.29 is 43.6 Å². The Hall–Kier alpha value is -3.18. The van der Waals surface area contributed by atoms with Gasteiger partial charge in [-0.25, -0.2) is 9.59 Å². The van der Waals surface area contributed by atoms with Gasteiger partial charge in [0.05, 0.1) is 32.0 Å². The molecule has 0 unspecified atom stereocenters. The molecule has 0 saturated heterocycles. The fraction of sp³-hybridized carbons (Fsp3) is 0.643. The first-order valence-electron chi connectivity index (χ1n) is 13.7. The predicted octanol–water partition coefficient (Wildman–Crippen LogP) is 3.65. The lowest BCUT2D eigenvalue weighted by Gasteiger charge is -2.14. The summed E-state index contributed by atoms with van der Waals surface area (Å²) in [6.07, 6.45) is 4.34. The van der Waals surface area contributed by atoms with Gasteiger partial charge in [0.1, 0.15) is 11.8 Å². The summed E-state index contributed by atoms with van der Waals surface area (Å²) < 4.78 is 16.0. The molecule has 39 heavy (non-hydrogen) atoms. The molecule has 0 bridgehead atoms. The highest BCUT2D eigenvalue weighted by Crippen LogP contribution is 2.13. The molecule has 0 aromatic heterocycles. The number of amides is 2. The second-order valence-electron chi connectivity index (χ2n) is 8.35. The summed E-state index contributed by atoms with van der Waals surface area (Å²) in [6, 6.07) is 5.13. The first kappa shape index (κ1) is 35.8. The summed E-state index contributed by atoms with van der Waals surface area (Å²) >= 11 is 0. The van der Waals surface area contributed by atoms with Crippen LogP contribution in [0.5, 0.6) is 5.75 Å². The number of unbranched alkanes of at least 4 members (excludes halogenated alkanes) is 4. The SMILES string of the molecule is CC.CCOCCOCCNC(=O)CC[C@H](NC(=O)CCCCCCCOc1ccc(C(=O)O)cc1)C(=O)O. The van der Waals surface area contributed by atoms with Crippen LogP contribution in [-0.4, -0.2) is 79.6 Å². The molecule has 0 aliphatic carbocycles. The standard InChI is InChI=1S/C26H40N2O9.C2H6/c1-2-35-18-19-36-17-15-27-23(29)14-13-22(26(33)34)28-24(30)8-6-4-3-5-7-16-37-21-11-9-20(10-12-21)25(31)32;1-2/h9-12,22H,2-8,13-19H2,1H3,(H,27,29)(H,28,30)(H,31,32)(H,33,34);1-2H3/t22-;/m0./s1. The first-order valence-corrected chi connectivity index (χ1v) is 13.7. The lowest BCUT2D eigenvalue weighted by molar-refractivity contribution is -0.142. The monoisotopic (exact) mass is 554 g/mol. The second-order valence-corrected chi connectivity index (χ2v) is 8.35. The predicted molar refractivity (Wildman–Crippen MR) is 147 cm³/mol. The van der Waals surface area contributed by atoms with Gasteiger partial charge in [-0.3, -0.25) is 9.59 Å². The summed E-state index contributed by atoms with van der Waals surface area (Å²) in [4.78, 5) is 46.3. The van der Waals surface area contributed by atoms with Gasteiger partial charge in [0, 0.05) is 26.0 Å². The zero-order valence-corrected chi connectivity index (χ0v) is 23.5. The molecule has 0 saturated carbocycles. The number of aliphatic carboxylic acids is 1. The van der Waals surface area contributed by atoms with E-state index in [9.17, 15) is 24.3 Å². The number of carboxylic acids is 2. The number of carbonyl (C=O) groups excluding carboxylic acids is 2. The van der Waals surface area contributed by atoms with E-state index in [0.717, 1.165) is 25.7 Å². The number of benzene rings is 1. The fourth-order valence-corrected chi connectivity index (χ4v) is 3.32. The van der Waals surface area contributed by atoms with E-state index in [4.69, 9.17) is 19.3 Å². The summed E-state index contributed by atoms with van der Waals surface area (Å²) in [7, 11) is 0. The quantitative estimate of drug-likeness (QED) is 0.157. The highest BCUT2D eigenvalue weighted by molar-refractivity contribution is 5.87. The van der Waals surface area contributed by atoms with Crippen LogP contribution in [0.3, 0.4) is 0 Å². The minimum atomic E-state index is -1.17. The average molecular weight is 555 g/mol. The molecule has 11 nitrogen and oxygen atoms in total. The van der Waals surface area contributed by atoms with Gasteiger partial charge in [-0.05, 0) is 50.5 Å². The third-order valence-electron chi connectivity index (χ3n) is 5.36. The number of hydrogen-bond donors (Lipinski definition) is 4. The highest BCUT2D eigenvalue weighted by atomic mass is 16.5. The van der Waals surface area contributed by atoms with Crippen LogP contribution in [-0.2, 0) is 23.9 Å². The van der Waals surface area contributed by atoms with Gasteiger partial charge in [0.15, 0.2) is 0 Å². The number of carboxylic acid groups (broad SMARTS) is 2. The Morgan fingerprint density at radius 2 is 1.44 bits per heavy atom. The van der Waals surface area contributed by atoms with E-state index in [0.29, 0.717) is 51.7 Å². The molecule has 1 atom stereocenters. The van der Waals surface area contributed by atoms with E-state index in [-0.39, 0.29) is 36.6 Å². The van der Waals surface area contributed by atoms with Crippen molar-refractivity contribution >= 4 is 23.8 Å². The van der Waals surface area contributed by atoms with Gasteiger partial charge in [0.25, 0.3) is 0 Å². The molecule has 1 rings (SSSR count). The van der Waals surface area contributed by atoms with Crippen LogP contribution in [0, 0.1) is 0 Å². The van der Waals surface area contributed by atoms with Crippen molar-refractivity contribution in [2.75, 3.05) is 39.6 Å². The Kier molecular flexibility index (Phi) is 22.0. The molecule has 1 aromatic carbocycles. The first-order chi connectivity index (χ1) is 18.8. The lowest BCUT2D eigenvalue weighted by atomic mass is 10.1. The lowest BCUT2D eigenvalue weighted by Crippen LogP contribution is -2.41. The summed E-state index contributed by atoms with van der Waals surface area (Å²) in [6.45, 7) is 8.62. The molecule has 1 aromatic rings. The smallest absolute Gasteiger partial charge is 0.335 e. The number of hydrogen-bond acceptors (Lipinski definition) is 7. The molecule has 0 aliphatic rings. The Labute approximate surface area is 231 Å². The van der Waals surface area contributed by atoms with Gasteiger partial charge in [0.2, 0.25) is 11.8 Å². The normalized spacial score (nSPS) is 11.1. The van der Waals surface area contributed by atoms with E-state index >= 15 is 0 Å². The molecule has 11 heteroatoms. The topological polar surface area (TPSA) is 160 Å². The van der Waals surface area contributed by atoms with Crippen molar-refractivity contribution in [2.45, 2.75) is 78.2 Å². The third-order valence-corrected chi connectivity index (χ3v) is 5.36. The number of carbonyl (C=O) groups is 4. The van der Waals surface area contributed by atoms with Crippen molar-refractivity contribution in [3.63, 3.8) is 0 Å². The molecular formula is C28H46N2O9. The van der Waals surface area contributed by atoms with Crippen LogP contribution in [0.25, 0.3) is 0 Å². The van der Waals surface area contributed by atoms with Gasteiger partial charge < -0.3 is 35.1 Å². The summed E-state index contributed by atoms with van der Waals surface area (Å²) in [5, 5.41) is 23.4. The van der Waals surface area contributed by atoms with Crippen LogP contribution in [0.1, 0.15) is 82.5 Å². The largest absolute Gasteiger partial charge is 0.494 e. The van der Waals surface area contributed by atoms with Gasteiger partial charge in [-0.15, -0.1) is 0 Å². The van der Waals surface area contributed by atoms with E-state index in [1.165, 1.54) is 12.1 Å². The van der Waals surface area contributed by atoms with Crippen molar-refractivity contribution in [3.8, 4) is 5.75 Å². The van der Waals surface area contributed by atoms with Crippen molar-refractivity contribution in [2.24, 2.45) is 0 Å². The maximum Gasteiger partial charge on any atom is 0.335 e. The molecule has 2 amide bonds. The van der Waals surface area contributed by atoms with Gasteiger partial charge >= 0.3 is 11.9 Å². The number of ether oxygens (including phenoxy) is 3. The molecular weight excluding hydrogens is 508 g/mol. The number of aromatic carboxylic acids is 1. The Morgan fingerprint density at radius 3 is 2.08 bits per heavy atom. The van der Waals surface area contributed by atoms with E-state index in [1.54, 1.807) is 12.1 Å². The van der Waals surface area contributed by atoms with Crippen LogP contribution >= 0.6 is 0 Å². The van der Waals surface area contributed by atoms with Crippen molar-refractivity contribution in [3.05, 3.63) is 29.8 Å². The van der Waals surface area contributed by atoms with Crippen LogP contribution in [0.2, 0.25) is 0 Å². The molecule has 222 valence electrons. The number of nitrogens with one attached hydrogen (secondary N) is 2. The molecule has 0 aliphatic heterocycles.